The first kappa shape index (κ1) is 46.6. The van der Waals surface area contributed by atoms with Crippen molar-refractivity contribution < 1.29 is 29.7 Å². The summed E-state index contributed by atoms with van der Waals surface area (Å²) < 4.78 is 0. The van der Waals surface area contributed by atoms with Crippen molar-refractivity contribution in [2.75, 3.05) is 37.7 Å². The van der Waals surface area contributed by atoms with Gasteiger partial charge >= 0.3 is 0 Å². The van der Waals surface area contributed by atoms with Crippen molar-refractivity contribution in [2.24, 2.45) is 17.6 Å². The van der Waals surface area contributed by atoms with Crippen molar-refractivity contribution in [3.8, 4) is 5.75 Å². The molecule has 5 rings (SSSR count). The van der Waals surface area contributed by atoms with Crippen LogP contribution in [0.5, 0.6) is 5.75 Å². The standard InChI is InChI=1S/C25H39N3O4S.C17H33N3O2S/c1-6-18(26-23(31)17-8-7-9-20(29)15(17)2)21(30)14-28-13-16-10-11-33-22(16)12-19(28)24(32)27-25(3,4)5;1-5-12(18)14(21)10-20-9-11-6-7-23-15(11)8-13(20)16(22)19-17(2,3)4/h7-9,16,18-19,21-22,29-30H,6,10-14H2,1-5H3,(H,26,31)(H,27,32);11-15,21H,5-10,18H2,1-4H3,(H,19,22)/t16-,18?,19+,21?,22+;11-,12?,13+,14?,15+/m11/s1. The minimum atomic E-state index is -0.813. The largest absolute Gasteiger partial charge is 0.508 e. The zero-order chi connectivity index (χ0) is 41.5. The van der Waals surface area contributed by atoms with Crippen LogP contribution in [0.3, 0.4) is 0 Å². The summed E-state index contributed by atoms with van der Waals surface area (Å²) in [4.78, 5) is 43.0. The maximum Gasteiger partial charge on any atom is 0.251 e. The van der Waals surface area contributed by atoms with Gasteiger partial charge in [0.25, 0.3) is 5.91 Å². The van der Waals surface area contributed by atoms with Crippen LogP contribution in [0.2, 0.25) is 0 Å². The van der Waals surface area contributed by atoms with Gasteiger partial charge in [0.05, 0.1) is 30.3 Å². The van der Waals surface area contributed by atoms with Crippen LogP contribution in [0.15, 0.2) is 18.2 Å². The van der Waals surface area contributed by atoms with Gasteiger partial charge in [-0.25, -0.2) is 0 Å². The number of piperidine rings is 2. The number of likely N-dealkylation sites (tertiary alicyclic amines) is 2. The van der Waals surface area contributed by atoms with E-state index in [0.717, 1.165) is 44.5 Å². The summed E-state index contributed by atoms with van der Waals surface area (Å²) in [5.74, 6) is 3.33. The van der Waals surface area contributed by atoms with Gasteiger partial charge in [-0.3, -0.25) is 24.2 Å². The zero-order valence-electron chi connectivity index (χ0n) is 35.3. The molecule has 4 aliphatic heterocycles. The minimum Gasteiger partial charge on any atom is -0.508 e. The Morgan fingerprint density at radius 2 is 1.30 bits per heavy atom. The number of fused-ring (bicyclic) bond motifs is 2. The molecule has 4 saturated heterocycles. The topological polar surface area (TPSA) is 180 Å². The Hall–Kier alpha value is -2.07. The Balaban J connectivity index is 0.000000265. The minimum absolute atomic E-state index is 0.00752. The van der Waals surface area contributed by atoms with Gasteiger partial charge in [0, 0.05) is 64.9 Å². The second-order valence-electron chi connectivity index (χ2n) is 18.5. The molecule has 0 aliphatic carbocycles. The van der Waals surface area contributed by atoms with E-state index in [4.69, 9.17) is 5.73 Å². The number of phenolic OH excluding ortho intramolecular Hbond substituents is 1. The first-order chi connectivity index (χ1) is 26.2. The highest BCUT2D eigenvalue weighted by Gasteiger charge is 2.44. The molecular weight excluding hydrogens is 749 g/mol. The summed E-state index contributed by atoms with van der Waals surface area (Å²) in [5, 5.41) is 41.6. The van der Waals surface area contributed by atoms with Crippen LogP contribution >= 0.6 is 23.5 Å². The monoisotopic (exact) mass is 820 g/mol. The number of nitrogens with two attached hydrogens (primary N) is 1. The summed E-state index contributed by atoms with van der Waals surface area (Å²) in [6.45, 7) is 20.1. The molecule has 8 N–H and O–H groups in total. The SMILES string of the molecule is CCC(N)C(O)CN1C[C@H]2CCS[C@H]2C[C@H]1C(=O)NC(C)(C)C.CCC(NC(=O)c1cccc(O)c1C)C(O)CN1C[C@H]2CCS[C@H]2C[C@H]1C(=O)NC(C)(C)C. The molecular formula is C42H72N6O6S2. The lowest BCUT2D eigenvalue weighted by atomic mass is 9.89. The smallest absolute Gasteiger partial charge is 0.251 e. The molecule has 0 radical (unpaired) electrons. The van der Waals surface area contributed by atoms with Crippen molar-refractivity contribution in [1.29, 1.82) is 0 Å². The van der Waals surface area contributed by atoms with Gasteiger partial charge in [-0.15, -0.1) is 0 Å². The Kier molecular flexibility index (Phi) is 16.9. The van der Waals surface area contributed by atoms with E-state index < -0.39 is 18.2 Å². The van der Waals surface area contributed by atoms with Gasteiger partial charge in [-0.05, 0) is 122 Å². The van der Waals surface area contributed by atoms with Crippen LogP contribution in [-0.4, -0.2) is 138 Å². The number of rotatable bonds is 12. The van der Waals surface area contributed by atoms with Crippen molar-refractivity contribution in [2.45, 2.75) is 159 Å². The Morgan fingerprint density at radius 1 is 0.821 bits per heavy atom. The fraction of sp³-hybridized carbons (Fsp3) is 0.786. The van der Waals surface area contributed by atoms with E-state index in [-0.39, 0.29) is 52.7 Å². The first-order valence-electron chi connectivity index (χ1n) is 20.8. The number of phenols is 1. The number of hydrogen-bond donors (Lipinski definition) is 7. The lowest BCUT2D eigenvalue weighted by Crippen LogP contribution is -2.60. The Bertz CT molecular complexity index is 1470. The van der Waals surface area contributed by atoms with Crippen LogP contribution in [-0.2, 0) is 9.59 Å². The molecule has 4 fully saturated rings. The van der Waals surface area contributed by atoms with Crippen LogP contribution in [0.4, 0.5) is 0 Å². The predicted molar refractivity (Wildman–Crippen MR) is 229 cm³/mol. The van der Waals surface area contributed by atoms with Gasteiger partial charge in [0.1, 0.15) is 5.75 Å². The second-order valence-corrected chi connectivity index (χ2v) is 21.1. The van der Waals surface area contributed by atoms with E-state index in [1.54, 1.807) is 25.1 Å². The molecule has 56 heavy (non-hydrogen) atoms. The maximum atomic E-state index is 13.1. The molecule has 3 amide bonds. The number of thioether (sulfide) groups is 2. The van der Waals surface area contributed by atoms with Crippen LogP contribution in [0.25, 0.3) is 0 Å². The zero-order valence-corrected chi connectivity index (χ0v) is 37.0. The molecule has 0 saturated carbocycles. The molecule has 318 valence electrons. The van der Waals surface area contributed by atoms with Crippen molar-refractivity contribution in [3.63, 3.8) is 0 Å². The number of nitrogens with zero attached hydrogens (tertiary/aromatic N) is 2. The maximum absolute atomic E-state index is 13.1. The predicted octanol–water partition coefficient (Wildman–Crippen LogP) is 3.88. The molecule has 10 atom stereocenters. The number of aromatic hydroxyl groups is 1. The molecule has 1 aromatic carbocycles. The number of aliphatic hydroxyl groups excluding tert-OH is 2. The fourth-order valence-corrected chi connectivity index (χ4v) is 11.5. The van der Waals surface area contributed by atoms with Crippen molar-refractivity contribution >= 4 is 41.2 Å². The molecule has 14 heteroatoms. The van der Waals surface area contributed by atoms with Gasteiger partial charge in [-0.2, -0.15) is 23.5 Å². The lowest BCUT2D eigenvalue weighted by Gasteiger charge is -2.43. The molecule has 12 nitrogen and oxygen atoms in total. The third kappa shape index (κ3) is 13.0. The normalized spacial score (nSPS) is 27.8. The molecule has 0 bridgehead atoms. The number of β-amino-alcohol motifs (C(OH)–C–C–N with tert-alkyl or cyclic N) is 2. The van der Waals surface area contributed by atoms with Gasteiger partial charge in [-0.1, -0.05) is 19.9 Å². The molecule has 4 heterocycles. The lowest BCUT2D eigenvalue weighted by molar-refractivity contribution is -0.131. The van der Waals surface area contributed by atoms with Gasteiger partial charge in [0.15, 0.2) is 0 Å². The van der Waals surface area contributed by atoms with E-state index in [1.807, 2.05) is 78.9 Å². The third-order valence-corrected chi connectivity index (χ3v) is 14.6. The fourth-order valence-electron chi connectivity index (χ4n) is 8.38. The summed E-state index contributed by atoms with van der Waals surface area (Å²) in [7, 11) is 0. The first-order valence-corrected chi connectivity index (χ1v) is 22.9. The summed E-state index contributed by atoms with van der Waals surface area (Å²) >= 11 is 3.96. The van der Waals surface area contributed by atoms with Crippen LogP contribution in [0.1, 0.15) is 110 Å². The Labute approximate surface area is 344 Å². The molecule has 0 spiro atoms. The summed E-state index contributed by atoms with van der Waals surface area (Å²) in [6, 6.07) is 3.73. The van der Waals surface area contributed by atoms with Crippen molar-refractivity contribution in [3.05, 3.63) is 29.3 Å². The molecule has 0 aromatic heterocycles. The van der Waals surface area contributed by atoms with Crippen LogP contribution < -0.4 is 21.7 Å². The average molecular weight is 821 g/mol. The number of carbonyl (C=O) groups is 3. The number of nitrogens with one attached hydrogen (secondary N) is 3. The molecule has 4 aliphatic rings. The van der Waals surface area contributed by atoms with E-state index in [0.29, 0.717) is 53.0 Å². The number of benzene rings is 1. The highest BCUT2D eigenvalue weighted by atomic mass is 32.2. The second kappa shape index (κ2) is 20.3. The number of aliphatic hydroxyl groups is 2. The number of hydrogen-bond acceptors (Lipinski definition) is 11. The average Bonchev–Trinajstić information content (AvgIpc) is 3.78. The van der Waals surface area contributed by atoms with Gasteiger partial charge in [0.2, 0.25) is 11.8 Å². The van der Waals surface area contributed by atoms with Gasteiger partial charge < -0.3 is 37.0 Å². The third-order valence-electron chi connectivity index (χ3n) is 11.6. The van der Waals surface area contributed by atoms with E-state index in [9.17, 15) is 29.7 Å². The van der Waals surface area contributed by atoms with E-state index in [2.05, 4.69) is 25.8 Å². The quantitative estimate of drug-likeness (QED) is 0.163. The summed E-state index contributed by atoms with van der Waals surface area (Å²) in [5.41, 5.74) is 6.34. The van der Waals surface area contributed by atoms with Crippen LogP contribution in [0, 0.1) is 18.8 Å². The van der Waals surface area contributed by atoms with E-state index in [1.165, 1.54) is 12.2 Å². The summed E-state index contributed by atoms with van der Waals surface area (Å²) in [6.07, 6.45) is 3.94. The molecule has 4 unspecified atom stereocenters. The number of carbonyl (C=O) groups excluding carboxylic acids is 3. The number of amides is 3. The highest BCUT2D eigenvalue weighted by Crippen LogP contribution is 2.41. The Morgan fingerprint density at radius 3 is 1.75 bits per heavy atom. The van der Waals surface area contributed by atoms with Crippen molar-refractivity contribution in [1.82, 2.24) is 25.8 Å². The highest BCUT2D eigenvalue weighted by molar-refractivity contribution is 8.00. The van der Waals surface area contributed by atoms with E-state index >= 15 is 0 Å². The molecule has 1 aromatic rings.